The summed E-state index contributed by atoms with van der Waals surface area (Å²) in [6, 6.07) is 9.70. The highest BCUT2D eigenvalue weighted by Gasteiger charge is 2.32. The fourth-order valence-corrected chi connectivity index (χ4v) is 4.40. The Balaban J connectivity index is 1.54. The van der Waals surface area contributed by atoms with Gasteiger partial charge in [0.1, 0.15) is 0 Å². The van der Waals surface area contributed by atoms with Crippen molar-refractivity contribution in [3.63, 3.8) is 0 Å². The fraction of sp³-hybridized carbons (Fsp3) is 0.412. The second kappa shape index (κ2) is 8.50. The molecule has 2 heterocycles. The van der Waals surface area contributed by atoms with Crippen molar-refractivity contribution < 1.29 is 14.7 Å². The number of urea groups is 1. The Morgan fingerprint density at radius 1 is 1.35 bits per heavy atom. The fourth-order valence-electron chi connectivity index (χ4n) is 2.91. The summed E-state index contributed by atoms with van der Waals surface area (Å²) in [7, 11) is 0. The Bertz CT molecular complexity index is 768. The number of carbonyl (C=O) groups excluding carboxylic acids is 1. The van der Waals surface area contributed by atoms with Gasteiger partial charge in [-0.3, -0.25) is 10.1 Å². The zero-order valence-corrected chi connectivity index (χ0v) is 15.9. The van der Waals surface area contributed by atoms with E-state index in [0.29, 0.717) is 23.3 Å². The third kappa shape index (κ3) is 4.95. The molecule has 0 aliphatic carbocycles. The van der Waals surface area contributed by atoms with Gasteiger partial charge in [0.25, 0.3) is 0 Å². The van der Waals surface area contributed by atoms with Crippen LogP contribution >= 0.6 is 23.3 Å². The molecule has 0 spiro atoms. The van der Waals surface area contributed by atoms with Gasteiger partial charge in [-0.25, -0.2) is 4.79 Å². The van der Waals surface area contributed by atoms with Crippen molar-refractivity contribution in [1.29, 1.82) is 0 Å². The molecule has 0 radical (unpaired) electrons. The maximum Gasteiger partial charge on any atom is 0.323 e. The summed E-state index contributed by atoms with van der Waals surface area (Å²) in [5.41, 5.74) is 1.18. The van der Waals surface area contributed by atoms with Crippen molar-refractivity contribution in [2.75, 3.05) is 18.4 Å². The van der Waals surface area contributed by atoms with E-state index in [4.69, 9.17) is 0 Å². The lowest BCUT2D eigenvalue weighted by Crippen LogP contribution is -2.47. The van der Waals surface area contributed by atoms with E-state index in [1.165, 1.54) is 17.3 Å². The number of hydrogen-bond donors (Lipinski definition) is 2. The number of nitrogens with one attached hydrogen (secondary N) is 1. The number of thioether (sulfide) groups is 1. The molecule has 1 fully saturated rings. The number of aromatic nitrogens is 2. The van der Waals surface area contributed by atoms with Crippen LogP contribution in [-0.2, 0) is 10.5 Å². The van der Waals surface area contributed by atoms with Crippen molar-refractivity contribution in [3.05, 3.63) is 35.9 Å². The minimum Gasteiger partial charge on any atom is -0.481 e. The maximum absolute atomic E-state index is 12.4. The molecular formula is C17H20N4O3S2. The number of likely N-dealkylation sites (tertiary alicyclic amines) is 1. The summed E-state index contributed by atoms with van der Waals surface area (Å²) in [6.45, 7) is 2.72. The van der Waals surface area contributed by atoms with Gasteiger partial charge in [-0.15, -0.1) is 0 Å². The van der Waals surface area contributed by atoms with Crippen LogP contribution in [0.1, 0.15) is 18.9 Å². The van der Waals surface area contributed by atoms with Gasteiger partial charge in [0.05, 0.1) is 5.92 Å². The van der Waals surface area contributed by atoms with Crippen molar-refractivity contribution in [3.8, 4) is 0 Å². The van der Waals surface area contributed by atoms with E-state index in [0.717, 1.165) is 17.3 Å². The molecule has 2 atom stereocenters. The van der Waals surface area contributed by atoms with Crippen LogP contribution in [0.15, 0.2) is 35.5 Å². The second-order valence-electron chi connectivity index (χ2n) is 6.37. The number of amides is 2. The zero-order chi connectivity index (χ0) is 18.5. The number of piperidine rings is 1. The van der Waals surface area contributed by atoms with Gasteiger partial charge in [-0.05, 0) is 17.9 Å². The zero-order valence-electron chi connectivity index (χ0n) is 14.3. The van der Waals surface area contributed by atoms with Crippen LogP contribution in [0.5, 0.6) is 0 Å². The van der Waals surface area contributed by atoms with Gasteiger partial charge in [0.2, 0.25) is 10.3 Å². The number of hydrogen-bond acceptors (Lipinski definition) is 6. The normalized spacial score (nSPS) is 20.0. The number of carbonyl (C=O) groups is 2. The number of nitrogens with zero attached hydrogens (tertiary/aromatic N) is 3. The van der Waals surface area contributed by atoms with Gasteiger partial charge in [-0.1, -0.05) is 49.0 Å². The predicted molar refractivity (Wildman–Crippen MR) is 101 cm³/mol. The lowest BCUT2D eigenvalue weighted by molar-refractivity contribution is -0.143. The first-order valence-corrected chi connectivity index (χ1v) is 10.1. The largest absolute Gasteiger partial charge is 0.481 e. The number of aliphatic carboxylic acids is 1. The van der Waals surface area contributed by atoms with Crippen LogP contribution in [0.2, 0.25) is 0 Å². The van der Waals surface area contributed by atoms with Gasteiger partial charge in [0, 0.05) is 30.4 Å². The Morgan fingerprint density at radius 3 is 2.85 bits per heavy atom. The van der Waals surface area contributed by atoms with Crippen LogP contribution in [0.4, 0.5) is 9.93 Å². The van der Waals surface area contributed by atoms with E-state index in [2.05, 4.69) is 14.7 Å². The molecule has 2 amide bonds. The summed E-state index contributed by atoms with van der Waals surface area (Å²) in [6.07, 6.45) is 0.595. The highest BCUT2D eigenvalue weighted by molar-refractivity contribution is 7.98. The van der Waals surface area contributed by atoms with E-state index < -0.39 is 11.9 Å². The molecule has 2 aromatic rings. The minimum absolute atomic E-state index is 0.155. The summed E-state index contributed by atoms with van der Waals surface area (Å²) in [4.78, 5) is 29.5. The van der Waals surface area contributed by atoms with Crippen molar-refractivity contribution >= 4 is 40.4 Å². The lowest BCUT2D eigenvalue weighted by atomic mass is 9.91. The maximum atomic E-state index is 12.4. The monoisotopic (exact) mass is 392 g/mol. The smallest absolute Gasteiger partial charge is 0.323 e. The van der Waals surface area contributed by atoms with Crippen LogP contribution in [0, 0.1) is 11.8 Å². The molecule has 0 bridgehead atoms. The number of carboxylic acid groups (broad SMARTS) is 1. The van der Waals surface area contributed by atoms with Crippen LogP contribution in [0.25, 0.3) is 0 Å². The average Bonchev–Trinajstić information content (AvgIpc) is 3.07. The molecule has 1 aliphatic rings. The molecule has 1 aromatic carbocycles. The average molecular weight is 393 g/mol. The standard InChI is InChI=1S/C17H20N4O3S2/c1-11-7-13(14(22)23)9-21(8-11)17(24)19-15-18-16(20-26-15)25-10-12-5-3-2-4-6-12/h2-6,11,13H,7-10H2,1H3,(H,22,23)(H,18,19,20,24). The molecule has 0 saturated carbocycles. The molecule has 1 saturated heterocycles. The summed E-state index contributed by atoms with van der Waals surface area (Å²) in [5, 5.41) is 13.0. The number of anilines is 1. The first kappa shape index (κ1) is 18.7. The number of carboxylic acids is 1. The highest BCUT2D eigenvalue weighted by atomic mass is 32.2. The van der Waals surface area contributed by atoms with Gasteiger partial charge in [-0.2, -0.15) is 9.36 Å². The molecule has 2 unspecified atom stereocenters. The Hall–Kier alpha value is -2.13. The minimum atomic E-state index is -0.857. The first-order valence-electron chi connectivity index (χ1n) is 8.30. The SMILES string of the molecule is CC1CC(C(=O)O)CN(C(=O)Nc2nc(SCc3ccccc3)ns2)C1. The molecule has 138 valence electrons. The third-order valence-electron chi connectivity index (χ3n) is 4.13. The van der Waals surface area contributed by atoms with Gasteiger partial charge in [0.15, 0.2) is 0 Å². The Morgan fingerprint density at radius 2 is 2.12 bits per heavy atom. The van der Waals surface area contributed by atoms with Crippen LogP contribution in [-0.4, -0.2) is 44.5 Å². The predicted octanol–water partition coefficient (Wildman–Crippen LogP) is 3.40. The Kier molecular flexibility index (Phi) is 6.10. The molecule has 1 aromatic heterocycles. The van der Waals surface area contributed by atoms with Gasteiger partial charge < -0.3 is 10.0 Å². The first-order chi connectivity index (χ1) is 12.5. The number of rotatable bonds is 5. The topological polar surface area (TPSA) is 95.4 Å². The molecule has 7 nitrogen and oxygen atoms in total. The van der Waals surface area contributed by atoms with E-state index in [1.54, 1.807) is 4.90 Å². The third-order valence-corrected chi connectivity index (χ3v) is 5.79. The van der Waals surface area contributed by atoms with E-state index in [-0.39, 0.29) is 18.5 Å². The van der Waals surface area contributed by atoms with Crippen molar-refractivity contribution in [1.82, 2.24) is 14.3 Å². The Labute approximate surface area is 160 Å². The lowest BCUT2D eigenvalue weighted by Gasteiger charge is -2.34. The summed E-state index contributed by atoms with van der Waals surface area (Å²) >= 11 is 2.64. The molecule has 3 rings (SSSR count). The van der Waals surface area contributed by atoms with Crippen LogP contribution in [0.3, 0.4) is 0 Å². The number of benzene rings is 1. The summed E-state index contributed by atoms with van der Waals surface area (Å²) < 4.78 is 4.25. The van der Waals surface area contributed by atoms with Crippen LogP contribution < -0.4 is 5.32 Å². The molecule has 1 aliphatic heterocycles. The van der Waals surface area contributed by atoms with Crippen molar-refractivity contribution in [2.24, 2.45) is 11.8 Å². The molecule has 2 N–H and O–H groups in total. The highest BCUT2D eigenvalue weighted by Crippen LogP contribution is 2.25. The molecule has 26 heavy (non-hydrogen) atoms. The second-order valence-corrected chi connectivity index (χ2v) is 8.06. The molecular weight excluding hydrogens is 372 g/mol. The van der Waals surface area contributed by atoms with Crippen molar-refractivity contribution in [2.45, 2.75) is 24.3 Å². The quantitative estimate of drug-likeness (QED) is 0.757. The summed E-state index contributed by atoms with van der Waals surface area (Å²) in [5.74, 6) is -0.461. The van der Waals surface area contributed by atoms with E-state index >= 15 is 0 Å². The molecule has 9 heteroatoms. The van der Waals surface area contributed by atoms with E-state index in [9.17, 15) is 14.7 Å². The van der Waals surface area contributed by atoms with Gasteiger partial charge >= 0.3 is 12.0 Å². The van der Waals surface area contributed by atoms with E-state index in [1.807, 2.05) is 37.3 Å².